The van der Waals surface area contributed by atoms with Gasteiger partial charge in [-0.05, 0) is 11.5 Å². The van der Waals surface area contributed by atoms with Crippen molar-refractivity contribution >= 4 is 5.91 Å². The minimum atomic E-state index is -0.231. The van der Waals surface area contributed by atoms with Crippen LogP contribution in [0, 0.1) is 5.92 Å². The van der Waals surface area contributed by atoms with Crippen LogP contribution < -0.4 is 5.73 Å². The number of amides is 1. The second-order valence-electron chi connectivity index (χ2n) is 3.68. The molecule has 0 saturated carbocycles. The molecular weight excluding hydrogens is 174 g/mol. The highest BCUT2D eigenvalue weighted by molar-refractivity contribution is 5.82. The Morgan fingerprint density at radius 3 is 2.36 bits per heavy atom. The molecule has 0 heterocycles. The maximum atomic E-state index is 11.3. The molecule has 2 N–H and O–H groups in total. The average Bonchev–Trinajstić information content (AvgIpc) is 2.19. The maximum Gasteiger partial charge on any atom is 0.225 e. The topological polar surface area (TPSA) is 43.1 Å². The van der Waals surface area contributed by atoms with Crippen LogP contribution in [0.2, 0.25) is 0 Å². The number of carbonyl (C=O) groups excluding carboxylic acids is 1. The normalized spacial score (nSPS) is 14.7. The molecule has 1 amide bonds. The molecule has 1 rings (SSSR count). The number of nitrogens with two attached hydrogens (primary N) is 1. The van der Waals surface area contributed by atoms with E-state index in [2.05, 4.69) is 13.8 Å². The Hall–Kier alpha value is -1.31. The van der Waals surface area contributed by atoms with E-state index >= 15 is 0 Å². The molecule has 0 saturated heterocycles. The number of benzene rings is 1. The predicted octanol–water partition coefficient (Wildman–Crippen LogP) is 2.30. The monoisotopic (exact) mass is 191 g/mol. The molecule has 0 fully saturated rings. The van der Waals surface area contributed by atoms with Gasteiger partial charge in [-0.25, -0.2) is 0 Å². The highest BCUT2D eigenvalue weighted by Crippen LogP contribution is 2.26. The fourth-order valence-corrected chi connectivity index (χ4v) is 1.67. The van der Waals surface area contributed by atoms with Gasteiger partial charge in [-0.15, -0.1) is 0 Å². The van der Waals surface area contributed by atoms with Gasteiger partial charge < -0.3 is 5.73 Å². The van der Waals surface area contributed by atoms with Crippen LogP contribution in [-0.4, -0.2) is 5.91 Å². The van der Waals surface area contributed by atoms with Crippen LogP contribution >= 0.6 is 0 Å². The number of hydrogen-bond acceptors (Lipinski definition) is 1. The van der Waals surface area contributed by atoms with Gasteiger partial charge in [-0.3, -0.25) is 4.79 Å². The summed E-state index contributed by atoms with van der Waals surface area (Å²) in [5.74, 6) is -0.0818. The van der Waals surface area contributed by atoms with Crippen LogP contribution in [0.5, 0.6) is 0 Å². The van der Waals surface area contributed by atoms with Crippen molar-refractivity contribution in [2.24, 2.45) is 11.7 Å². The summed E-state index contributed by atoms with van der Waals surface area (Å²) in [7, 11) is 0. The first-order chi connectivity index (χ1) is 6.66. The Labute approximate surface area is 85.1 Å². The Kier molecular flexibility index (Phi) is 3.69. The van der Waals surface area contributed by atoms with E-state index in [0.717, 1.165) is 12.0 Å². The van der Waals surface area contributed by atoms with E-state index in [1.54, 1.807) is 0 Å². The van der Waals surface area contributed by atoms with Crippen molar-refractivity contribution in [3.8, 4) is 0 Å². The van der Waals surface area contributed by atoms with Gasteiger partial charge in [0.25, 0.3) is 0 Å². The average molecular weight is 191 g/mol. The summed E-state index contributed by atoms with van der Waals surface area (Å²) in [5, 5.41) is 0. The largest absolute Gasteiger partial charge is 0.369 e. The fraction of sp³-hybridized carbons (Fsp3) is 0.417. The molecule has 0 aromatic heterocycles. The lowest BCUT2D eigenvalue weighted by molar-refractivity contribution is -0.120. The molecule has 0 aliphatic carbocycles. The van der Waals surface area contributed by atoms with E-state index in [1.165, 1.54) is 0 Å². The van der Waals surface area contributed by atoms with E-state index in [1.807, 2.05) is 30.3 Å². The van der Waals surface area contributed by atoms with Gasteiger partial charge in [-0.1, -0.05) is 50.6 Å². The predicted molar refractivity (Wildman–Crippen MR) is 57.8 cm³/mol. The summed E-state index contributed by atoms with van der Waals surface area (Å²) in [6.07, 6.45) is 0.961. The zero-order chi connectivity index (χ0) is 10.6. The van der Waals surface area contributed by atoms with E-state index in [9.17, 15) is 4.79 Å². The standard InChI is InChI=1S/C12H17NO/c1-3-9(2)11(12(13)14)10-7-5-4-6-8-10/h4-9,11H,3H2,1-2H3,(H2,13,14)/t9-,11-/m1/s1. The van der Waals surface area contributed by atoms with Crippen LogP contribution in [0.3, 0.4) is 0 Å². The van der Waals surface area contributed by atoms with Gasteiger partial charge in [0.05, 0.1) is 5.92 Å². The van der Waals surface area contributed by atoms with Crippen molar-refractivity contribution < 1.29 is 4.79 Å². The molecule has 14 heavy (non-hydrogen) atoms. The summed E-state index contributed by atoms with van der Waals surface area (Å²) in [6.45, 7) is 4.13. The molecule has 0 unspecified atom stereocenters. The first-order valence-corrected chi connectivity index (χ1v) is 5.01. The molecular formula is C12H17NO. The van der Waals surface area contributed by atoms with Crippen molar-refractivity contribution in [2.45, 2.75) is 26.2 Å². The van der Waals surface area contributed by atoms with Crippen LogP contribution in [-0.2, 0) is 4.79 Å². The number of rotatable bonds is 4. The Balaban J connectivity index is 2.95. The van der Waals surface area contributed by atoms with Gasteiger partial charge in [0.15, 0.2) is 0 Å². The maximum absolute atomic E-state index is 11.3. The van der Waals surface area contributed by atoms with Crippen LogP contribution in [0.4, 0.5) is 0 Å². The second-order valence-corrected chi connectivity index (χ2v) is 3.68. The van der Waals surface area contributed by atoms with Crippen molar-refractivity contribution in [2.75, 3.05) is 0 Å². The number of hydrogen-bond donors (Lipinski definition) is 1. The molecule has 76 valence electrons. The van der Waals surface area contributed by atoms with E-state index in [0.29, 0.717) is 5.92 Å². The lowest BCUT2D eigenvalue weighted by Crippen LogP contribution is -2.26. The molecule has 0 bridgehead atoms. The summed E-state index contributed by atoms with van der Waals surface area (Å²) in [5.41, 5.74) is 6.43. The molecule has 2 heteroatoms. The van der Waals surface area contributed by atoms with Crippen LogP contribution in [0.1, 0.15) is 31.7 Å². The summed E-state index contributed by atoms with van der Waals surface area (Å²) >= 11 is 0. The summed E-state index contributed by atoms with van der Waals surface area (Å²) in [4.78, 5) is 11.3. The lowest BCUT2D eigenvalue weighted by Gasteiger charge is -2.19. The van der Waals surface area contributed by atoms with Gasteiger partial charge in [0.2, 0.25) is 5.91 Å². The van der Waals surface area contributed by atoms with Gasteiger partial charge >= 0.3 is 0 Å². The van der Waals surface area contributed by atoms with Gasteiger partial charge in [0, 0.05) is 0 Å². The molecule has 1 aromatic rings. The highest BCUT2D eigenvalue weighted by atomic mass is 16.1. The van der Waals surface area contributed by atoms with Gasteiger partial charge in [0.1, 0.15) is 0 Å². The first kappa shape index (κ1) is 10.8. The second kappa shape index (κ2) is 4.80. The van der Waals surface area contributed by atoms with Crippen LogP contribution in [0.15, 0.2) is 30.3 Å². The Morgan fingerprint density at radius 2 is 1.93 bits per heavy atom. The highest BCUT2D eigenvalue weighted by Gasteiger charge is 2.22. The smallest absolute Gasteiger partial charge is 0.225 e. The molecule has 1 aromatic carbocycles. The molecule has 0 spiro atoms. The number of primary amides is 1. The van der Waals surface area contributed by atoms with E-state index in [4.69, 9.17) is 5.73 Å². The van der Waals surface area contributed by atoms with E-state index < -0.39 is 0 Å². The Morgan fingerprint density at radius 1 is 1.36 bits per heavy atom. The Bertz CT molecular complexity index is 294. The zero-order valence-corrected chi connectivity index (χ0v) is 8.73. The van der Waals surface area contributed by atoms with Crippen molar-refractivity contribution in [3.63, 3.8) is 0 Å². The van der Waals surface area contributed by atoms with Crippen molar-refractivity contribution in [1.29, 1.82) is 0 Å². The van der Waals surface area contributed by atoms with Crippen molar-refractivity contribution in [3.05, 3.63) is 35.9 Å². The third-order valence-electron chi connectivity index (χ3n) is 2.68. The minimum Gasteiger partial charge on any atom is -0.369 e. The van der Waals surface area contributed by atoms with Crippen molar-refractivity contribution in [1.82, 2.24) is 0 Å². The number of carbonyl (C=O) groups is 1. The molecule has 0 aliphatic rings. The lowest BCUT2D eigenvalue weighted by atomic mass is 9.85. The van der Waals surface area contributed by atoms with Gasteiger partial charge in [-0.2, -0.15) is 0 Å². The first-order valence-electron chi connectivity index (χ1n) is 5.01. The SMILES string of the molecule is CC[C@@H](C)[C@@H](C(N)=O)c1ccccc1. The molecule has 0 radical (unpaired) electrons. The van der Waals surface area contributed by atoms with E-state index in [-0.39, 0.29) is 11.8 Å². The summed E-state index contributed by atoms with van der Waals surface area (Å²) in [6, 6.07) is 9.74. The molecule has 0 aliphatic heterocycles. The van der Waals surface area contributed by atoms with Crippen LogP contribution in [0.25, 0.3) is 0 Å². The quantitative estimate of drug-likeness (QED) is 0.779. The fourth-order valence-electron chi connectivity index (χ4n) is 1.67. The summed E-state index contributed by atoms with van der Waals surface area (Å²) < 4.78 is 0. The zero-order valence-electron chi connectivity index (χ0n) is 8.73. The third kappa shape index (κ3) is 2.34. The molecule has 2 atom stereocenters. The molecule has 2 nitrogen and oxygen atoms in total. The third-order valence-corrected chi connectivity index (χ3v) is 2.68. The minimum absolute atomic E-state index is 0.152.